The molecule has 1 rings (SSSR count). The zero-order valence-corrected chi connectivity index (χ0v) is 20.4. The molecule has 6 nitrogen and oxygen atoms in total. The van der Waals surface area contributed by atoms with E-state index >= 15 is 0 Å². The van der Waals surface area contributed by atoms with Gasteiger partial charge in [-0.2, -0.15) is 5.10 Å². The Kier molecular flexibility index (Phi) is 14.7. The van der Waals surface area contributed by atoms with Gasteiger partial charge in [-0.25, -0.2) is 4.99 Å². The zero-order chi connectivity index (χ0) is 19.4. The summed E-state index contributed by atoms with van der Waals surface area (Å²) in [6.07, 6.45) is 5.05. The molecule has 2 N–H and O–H groups in total. The lowest BCUT2D eigenvalue weighted by atomic mass is 9.99. The summed E-state index contributed by atoms with van der Waals surface area (Å²) in [5.74, 6) is 1.60. The normalized spacial score (nSPS) is 12.6. The predicted molar refractivity (Wildman–Crippen MR) is 125 cm³/mol. The molecule has 1 heterocycles. The van der Waals surface area contributed by atoms with E-state index < -0.39 is 0 Å². The van der Waals surface area contributed by atoms with Crippen LogP contribution in [0.25, 0.3) is 0 Å². The summed E-state index contributed by atoms with van der Waals surface area (Å²) in [5.41, 5.74) is 3.43. The number of guanidine groups is 1. The van der Waals surface area contributed by atoms with E-state index in [1.165, 1.54) is 36.9 Å². The zero-order valence-electron chi connectivity index (χ0n) is 18.1. The maximum absolute atomic E-state index is 5.16. The van der Waals surface area contributed by atoms with Crippen LogP contribution in [0.15, 0.2) is 4.99 Å². The van der Waals surface area contributed by atoms with Gasteiger partial charge in [-0.15, -0.1) is 24.0 Å². The van der Waals surface area contributed by atoms with E-state index in [0.29, 0.717) is 19.1 Å². The fourth-order valence-electron chi connectivity index (χ4n) is 3.04. The fourth-order valence-corrected chi connectivity index (χ4v) is 3.04. The van der Waals surface area contributed by atoms with Crippen molar-refractivity contribution >= 4 is 29.9 Å². The Morgan fingerprint density at radius 1 is 1.22 bits per heavy atom. The van der Waals surface area contributed by atoms with Crippen LogP contribution in [-0.4, -0.2) is 42.5 Å². The van der Waals surface area contributed by atoms with Gasteiger partial charge in [0.05, 0.1) is 25.4 Å². The minimum absolute atomic E-state index is 0. The summed E-state index contributed by atoms with van der Waals surface area (Å²) in [4.78, 5) is 4.80. The fraction of sp³-hybridized carbons (Fsp3) is 0.800. The van der Waals surface area contributed by atoms with E-state index in [4.69, 9.17) is 9.73 Å². The molecule has 0 aliphatic carbocycles. The second kappa shape index (κ2) is 15.1. The van der Waals surface area contributed by atoms with Gasteiger partial charge in [0.1, 0.15) is 0 Å². The van der Waals surface area contributed by atoms with Crippen LogP contribution >= 0.6 is 24.0 Å². The second-order valence-corrected chi connectivity index (χ2v) is 6.86. The first kappa shape index (κ1) is 26.2. The lowest BCUT2D eigenvalue weighted by Crippen LogP contribution is -2.39. The van der Waals surface area contributed by atoms with Crippen molar-refractivity contribution in [3.8, 4) is 0 Å². The summed E-state index contributed by atoms with van der Waals surface area (Å²) < 4.78 is 7.18. The van der Waals surface area contributed by atoms with Crippen LogP contribution in [0.3, 0.4) is 0 Å². The smallest absolute Gasteiger partial charge is 0.191 e. The van der Waals surface area contributed by atoms with Gasteiger partial charge in [-0.1, -0.05) is 33.1 Å². The Hall–Kier alpha value is -0.830. The summed E-state index contributed by atoms with van der Waals surface area (Å²) >= 11 is 0. The van der Waals surface area contributed by atoms with Crippen molar-refractivity contribution in [1.29, 1.82) is 0 Å². The van der Waals surface area contributed by atoms with Gasteiger partial charge in [0.2, 0.25) is 0 Å². The van der Waals surface area contributed by atoms with Gasteiger partial charge in [0, 0.05) is 31.5 Å². The van der Waals surface area contributed by atoms with E-state index in [1.54, 1.807) is 7.11 Å². The third-order valence-electron chi connectivity index (χ3n) is 4.88. The molecule has 1 aromatic heterocycles. The number of halogens is 1. The van der Waals surface area contributed by atoms with Gasteiger partial charge >= 0.3 is 0 Å². The third kappa shape index (κ3) is 9.27. The minimum Gasteiger partial charge on any atom is -0.383 e. The highest BCUT2D eigenvalue weighted by molar-refractivity contribution is 14.0. The van der Waals surface area contributed by atoms with Gasteiger partial charge < -0.3 is 15.4 Å². The van der Waals surface area contributed by atoms with Crippen LogP contribution < -0.4 is 10.6 Å². The number of rotatable bonds is 12. The van der Waals surface area contributed by atoms with Gasteiger partial charge in [0.25, 0.3) is 0 Å². The Labute approximate surface area is 182 Å². The van der Waals surface area contributed by atoms with Crippen molar-refractivity contribution in [2.75, 3.05) is 26.8 Å². The highest BCUT2D eigenvalue weighted by atomic mass is 127. The van der Waals surface area contributed by atoms with E-state index in [0.717, 1.165) is 31.3 Å². The molecule has 1 unspecified atom stereocenters. The maximum atomic E-state index is 5.16. The standard InChI is InChI=1S/C20H39N5O.HI/c1-7-10-11-18(8-2)14-22-20(21-9-3)23-15-19-16(4)24-25(17(19)5)12-13-26-6;/h18H,7-15H2,1-6H3,(H2,21,22,23);1H. The molecule has 0 fully saturated rings. The van der Waals surface area contributed by atoms with Crippen molar-refractivity contribution < 1.29 is 4.74 Å². The Balaban J connectivity index is 0.00000676. The van der Waals surface area contributed by atoms with Crippen molar-refractivity contribution in [2.24, 2.45) is 10.9 Å². The molecule has 0 aliphatic rings. The van der Waals surface area contributed by atoms with Crippen LogP contribution in [0.1, 0.15) is 63.4 Å². The first-order valence-corrected chi connectivity index (χ1v) is 10.1. The van der Waals surface area contributed by atoms with Gasteiger partial charge in [0.15, 0.2) is 5.96 Å². The van der Waals surface area contributed by atoms with E-state index in [2.05, 4.69) is 50.4 Å². The second-order valence-electron chi connectivity index (χ2n) is 6.86. The number of aromatic nitrogens is 2. The Morgan fingerprint density at radius 3 is 2.56 bits per heavy atom. The predicted octanol–water partition coefficient (Wildman–Crippen LogP) is 4.04. The molecule has 1 aromatic rings. The van der Waals surface area contributed by atoms with Crippen molar-refractivity contribution in [1.82, 2.24) is 20.4 Å². The highest BCUT2D eigenvalue weighted by Crippen LogP contribution is 2.14. The van der Waals surface area contributed by atoms with Crippen molar-refractivity contribution in [3.63, 3.8) is 0 Å². The molecule has 0 spiro atoms. The lowest BCUT2D eigenvalue weighted by Gasteiger charge is -2.18. The first-order chi connectivity index (χ1) is 12.6. The monoisotopic (exact) mass is 493 g/mol. The average molecular weight is 493 g/mol. The van der Waals surface area contributed by atoms with E-state index in [9.17, 15) is 0 Å². The van der Waals surface area contributed by atoms with Gasteiger partial charge in [-0.3, -0.25) is 4.68 Å². The summed E-state index contributed by atoms with van der Waals surface area (Å²) in [7, 11) is 1.72. The molecular weight excluding hydrogens is 453 g/mol. The summed E-state index contributed by atoms with van der Waals surface area (Å²) in [5, 5.41) is 11.5. The molecule has 0 aromatic carbocycles. The number of hydrogen-bond donors (Lipinski definition) is 2. The van der Waals surface area contributed by atoms with E-state index in [-0.39, 0.29) is 24.0 Å². The number of aliphatic imine (C=N–C) groups is 1. The van der Waals surface area contributed by atoms with Crippen LogP contribution in [-0.2, 0) is 17.8 Å². The number of nitrogens with one attached hydrogen (secondary N) is 2. The molecule has 0 aliphatic heterocycles. The van der Waals surface area contributed by atoms with Crippen LogP contribution in [0.2, 0.25) is 0 Å². The van der Waals surface area contributed by atoms with Crippen LogP contribution in [0.5, 0.6) is 0 Å². The van der Waals surface area contributed by atoms with E-state index in [1.807, 2.05) is 4.68 Å². The molecule has 1 atom stereocenters. The third-order valence-corrected chi connectivity index (χ3v) is 4.88. The largest absolute Gasteiger partial charge is 0.383 e. The first-order valence-electron chi connectivity index (χ1n) is 10.1. The Morgan fingerprint density at radius 2 is 1.96 bits per heavy atom. The van der Waals surface area contributed by atoms with Crippen LogP contribution in [0, 0.1) is 19.8 Å². The number of nitrogens with zero attached hydrogens (tertiary/aromatic N) is 3. The molecule has 0 saturated carbocycles. The summed E-state index contributed by atoms with van der Waals surface area (Å²) in [6, 6.07) is 0. The average Bonchev–Trinajstić information content (AvgIpc) is 2.91. The highest BCUT2D eigenvalue weighted by Gasteiger charge is 2.12. The number of ether oxygens (including phenoxy) is 1. The molecule has 0 radical (unpaired) electrons. The topological polar surface area (TPSA) is 63.5 Å². The van der Waals surface area contributed by atoms with Crippen molar-refractivity contribution in [2.45, 2.75) is 73.4 Å². The SMILES string of the molecule is CCCCC(CC)CNC(=NCc1c(C)nn(CCOC)c1C)NCC.I. The number of aryl methyl sites for hydroxylation is 1. The molecule has 0 bridgehead atoms. The van der Waals surface area contributed by atoms with Gasteiger partial charge in [-0.05, 0) is 33.1 Å². The quantitative estimate of drug-likeness (QED) is 0.262. The molecule has 0 amide bonds. The van der Waals surface area contributed by atoms with Crippen molar-refractivity contribution in [3.05, 3.63) is 17.0 Å². The molecular formula is C20H40IN5O. The number of unbranched alkanes of at least 4 members (excludes halogenated alkanes) is 1. The maximum Gasteiger partial charge on any atom is 0.191 e. The molecule has 7 heteroatoms. The lowest BCUT2D eigenvalue weighted by molar-refractivity contribution is 0.182. The summed E-state index contributed by atoms with van der Waals surface area (Å²) in [6.45, 7) is 14.7. The molecule has 0 saturated heterocycles. The Bertz CT molecular complexity index is 545. The number of methoxy groups -OCH3 is 1. The number of hydrogen-bond acceptors (Lipinski definition) is 3. The molecule has 27 heavy (non-hydrogen) atoms. The van der Waals surface area contributed by atoms with Crippen LogP contribution in [0.4, 0.5) is 0 Å². The minimum atomic E-state index is 0. The molecule has 158 valence electrons.